The summed E-state index contributed by atoms with van der Waals surface area (Å²) in [5.74, 6) is -0.670. The SMILES string of the molecule is CS(=O)(=O)c1cc(S(=O)(=O)Nc2ccc(-n3ccnc3)c(F)c2)c(Cl)s1. The van der Waals surface area contributed by atoms with Gasteiger partial charge in [-0.05, 0) is 18.2 Å². The molecule has 2 heterocycles. The molecule has 12 heteroatoms. The number of hydrogen-bond acceptors (Lipinski definition) is 6. The Balaban J connectivity index is 1.93. The molecule has 3 aromatic rings. The number of rotatable bonds is 5. The molecule has 0 atom stereocenters. The standard InChI is InChI=1S/C14H11ClFN3O4S3/c1-25(20,21)13-7-12(14(15)24-13)26(22,23)18-9-2-3-11(10(16)6-9)19-5-4-17-8-19/h2-8,18H,1H3. The molecule has 7 nitrogen and oxygen atoms in total. The van der Waals surface area contributed by atoms with E-state index in [1.165, 1.54) is 29.2 Å². The number of thiophene rings is 1. The highest BCUT2D eigenvalue weighted by Gasteiger charge is 2.25. The van der Waals surface area contributed by atoms with Gasteiger partial charge in [-0.2, -0.15) is 0 Å². The van der Waals surface area contributed by atoms with Crippen molar-refractivity contribution < 1.29 is 21.2 Å². The predicted octanol–water partition coefficient (Wildman–Crippen LogP) is 2.93. The Morgan fingerprint density at radius 1 is 1.23 bits per heavy atom. The molecule has 26 heavy (non-hydrogen) atoms. The van der Waals surface area contributed by atoms with Crippen LogP contribution in [-0.4, -0.2) is 32.6 Å². The highest BCUT2D eigenvalue weighted by Crippen LogP contribution is 2.35. The molecular formula is C14H11ClFN3O4S3. The molecular weight excluding hydrogens is 425 g/mol. The summed E-state index contributed by atoms with van der Waals surface area (Å²) in [6.45, 7) is 0. The Labute approximate surface area is 158 Å². The fraction of sp³-hybridized carbons (Fsp3) is 0.0714. The van der Waals surface area contributed by atoms with Gasteiger partial charge in [0.2, 0.25) is 0 Å². The van der Waals surface area contributed by atoms with E-state index < -0.39 is 25.7 Å². The van der Waals surface area contributed by atoms with Crippen molar-refractivity contribution in [2.75, 3.05) is 11.0 Å². The van der Waals surface area contributed by atoms with Crippen LogP contribution < -0.4 is 4.72 Å². The lowest BCUT2D eigenvalue weighted by Crippen LogP contribution is -2.13. The summed E-state index contributed by atoms with van der Waals surface area (Å²) in [4.78, 5) is 3.43. The molecule has 0 saturated heterocycles. The molecule has 0 radical (unpaired) electrons. The van der Waals surface area contributed by atoms with Crippen LogP contribution in [0.3, 0.4) is 0 Å². The Hall–Kier alpha value is -1.95. The molecule has 0 bridgehead atoms. The van der Waals surface area contributed by atoms with Gasteiger partial charge in [0.05, 0.1) is 17.7 Å². The lowest BCUT2D eigenvalue weighted by Gasteiger charge is -2.09. The van der Waals surface area contributed by atoms with Gasteiger partial charge in [0.1, 0.15) is 19.3 Å². The summed E-state index contributed by atoms with van der Waals surface area (Å²) in [5.41, 5.74) is 0.160. The van der Waals surface area contributed by atoms with E-state index in [1.807, 2.05) is 0 Å². The summed E-state index contributed by atoms with van der Waals surface area (Å²) >= 11 is 6.51. The van der Waals surface area contributed by atoms with Crippen LogP contribution in [-0.2, 0) is 19.9 Å². The van der Waals surface area contributed by atoms with Crippen LogP contribution in [0.15, 0.2) is 52.1 Å². The third-order valence-corrected chi connectivity index (χ3v) is 8.08. The van der Waals surface area contributed by atoms with Crippen molar-refractivity contribution >= 4 is 48.5 Å². The second-order valence-electron chi connectivity index (χ2n) is 5.22. The summed E-state index contributed by atoms with van der Waals surface area (Å²) in [7, 11) is -7.79. The van der Waals surface area contributed by atoms with E-state index in [2.05, 4.69) is 9.71 Å². The van der Waals surface area contributed by atoms with E-state index in [-0.39, 0.29) is 24.8 Å². The number of nitrogens with one attached hydrogen (secondary N) is 1. The van der Waals surface area contributed by atoms with Crippen LogP contribution in [0.4, 0.5) is 10.1 Å². The van der Waals surface area contributed by atoms with Crippen molar-refractivity contribution in [1.29, 1.82) is 0 Å². The zero-order valence-corrected chi connectivity index (χ0v) is 16.3. The normalized spacial score (nSPS) is 12.3. The van der Waals surface area contributed by atoms with Gasteiger partial charge in [0.15, 0.2) is 9.84 Å². The lowest BCUT2D eigenvalue weighted by molar-refractivity contribution is 0.601. The molecule has 0 unspecified atom stereocenters. The van der Waals surface area contributed by atoms with E-state index >= 15 is 0 Å². The second kappa shape index (κ2) is 6.65. The molecule has 2 aromatic heterocycles. The smallest absolute Gasteiger partial charge is 0.264 e. The number of hydrogen-bond donors (Lipinski definition) is 1. The van der Waals surface area contributed by atoms with Crippen molar-refractivity contribution in [1.82, 2.24) is 9.55 Å². The van der Waals surface area contributed by atoms with Gasteiger partial charge in [-0.25, -0.2) is 26.2 Å². The molecule has 1 N–H and O–H groups in total. The quantitative estimate of drug-likeness (QED) is 0.664. The van der Waals surface area contributed by atoms with Gasteiger partial charge < -0.3 is 4.57 Å². The average molecular weight is 436 g/mol. The molecule has 0 saturated carbocycles. The minimum atomic E-state index is -4.19. The van der Waals surface area contributed by atoms with Crippen LogP contribution in [0.1, 0.15) is 0 Å². The number of anilines is 1. The number of nitrogens with zero attached hydrogens (tertiary/aromatic N) is 2. The zero-order chi connectivity index (χ0) is 19.1. The Kier molecular flexibility index (Phi) is 4.82. The minimum absolute atomic E-state index is 0.0328. The minimum Gasteiger partial charge on any atom is -0.303 e. The van der Waals surface area contributed by atoms with Crippen molar-refractivity contribution in [2.24, 2.45) is 0 Å². The van der Waals surface area contributed by atoms with Crippen LogP contribution in [0.5, 0.6) is 0 Å². The summed E-state index contributed by atoms with van der Waals surface area (Å²) in [6, 6.07) is 4.73. The fourth-order valence-corrected chi connectivity index (χ4v) is 6.17. The van der Waals surface area contributed by atoms with E-state index in [9.17, 15) is 21.2 Å². The van der Waals surface area contributed by atoms with E-state index in [1.54, 1.807) is 6.20 Å². The third kappa shape index (κ3) is 3.75. The van der Waals surface area contributed by atoms with Crippen LogP contribution in [0, 0.1) is 5.82 Å². The molecule has 0 amide bonds. The fourth-order valence-electron chi connectivity index (χ4n) is 2.09. The van der Waals surface area contributed by atoms with Crippen LogP contribution in [0.25, 0.3) is 5.69 Å². The molecule has 138 valence electrons. The number of aromatic nitrogens is 2. The van der Waals surface area contributed by atoms with E-state index in [0.717, 1.165) is 18.4 Å². The second-order valence-corrected chi connectivity index (χ2v) is 10.8. The summed E-state index contributed by atoms with van der Waals surface area (Å²) in [6.07, 6.45) is 5.37. The van der Waals surface area contributed by atoms with Gasteiger partial charge in [-0.1, -0.05) is 11.6 Å². The highest BCUT2D eigenvalue weighted by molar-refractivity contribution is 7.94. The van der Waals surface area contributed by atoms with Crippen molar-refractivity contribution in [3.63, 3.8) is 0 Å². The van der Waals surface area contributed by atoms with Gasteiger partial charge in [0, 0.05) is 24.7 Å². The van der Waals surface area contributed by atoms with Crippen molar-refractivity contribution in [3.8, 4) is 5.69 Å². The van der Waals surface area contributed by atoms with E-state index in [0.29, 0.717) is 11.3 Å². The van der Waals surface area contributed by atoms with Crippen LogP contribution in [0.2, 0.25) is 4.34 Å². The highest BCUT2D eigenvalue weighted by atomic mass is 35.5. The maximum absolute atomic E-state index is 14.2. The molecule has 0 aliphatic carbocycles. The topological polar surface area (TPSA) is 98.1 Å². The molecule has 0 spiro atoms. The van der Waals surface area contributed by atoms with Gasteiger partial charge in [-0.3, -0.25) is 4.72 Å². The summed E-state index contributed by atoms with van der Waals surface area (Å²) < 4.78 is 65.5. The zero-order valence-electron chi connectivity index (χ0n) is 13.0. The largest absolute Gasteiger partial charge is 0.303 e. The Morgan fingerprint density at radius 3 is 2.50 bits per heavy atom. The van der Waals surface area contributed by atoms with Gasteiger partial charge in [-0.15, -0.1) is 11.3 Å². The number of sulfonamides is 1. The number of imidazole rings is 1. The Bertz CT molecular complexity index is 1170. The van der Waals surface area contributed by atoms with E-state index in [4.69, 9.17) is 11.6 Å². The Morgan fingerprint density at radius 2 is 1.96 bits per heavy atom. The van der Waals surface area contributed by atoms with Gasteiger partial charge in [0.25, 0.3) is 10.0 Å². The van der Waals surface area contributed by atoms with Crippen molar-refractivity contribution in [3.05, 3.63) is 53.1 Å². The molecule has 0 aliphatic heterocycles. The molecule has 0 aliphatic rings. The van der Waals surface area contributed by atoms with Crippen LogP contribution >= 0.6 is 22.9 Å². The average Bonchev–Trinajstić information content (AvgIpc) is 3.16. The molecule has 1 aromatic carbocycles. The first-order valence-corrected chi connectivity index (χ1v) is 11.4. The first-order valence-electron chi connectivity index (χ1n) is 6.88. The monoisotopic (exact) mass is 435 g/mol. The maximum Gasteiger partial charge on any atom is 0.264 e. The predicted molar refractivity (Wildman–Crippen MR) is 96.8 cm³/mol. The first kappa shape index (κ1) is 18.8. The van der Waals surface area contributed by atoms with Gasteiger partial charge >= 0.3 is 0 Å². The number of halogens is 2. The lowest BCUT2D eigenvalue weighted by atomic mass is 10.2. The first-order chi connectivity index (χ1) is 12.1. The maximum atomic E-state index is 14.2. The number of benzene rings is 1. The number of sulfone groups is 1. The summed E-state index contributed by atoms with van der Waals surface area (Å²) in [5, 5.41) is 0. The van der Waals surface area contributed by atoms with Crippen molar-refractivity contribution in [2.45, 2.75) is 9.10 Å². The third-order valence-electron chi connectivity index (χ3n) is 3.27. The molecule has 0 fully saturated rings. The molecule has 3 rings (SSSR count).